The van der Waals surface area contributed by atoms with Gasteiger partial charge in [0.15, 0.2) is 0 Å². The monoisotopic (exact) mass is 276 g/mol. The smallest absolute Gasteiger partial charge is 0.305 e. The Kier molecular flexibility index (Phi) is 5.87. The third-order valence-electron chi connectivity index (χ3n) is 3.70. The maximum Gasteiger partial charge on any atom is 0.305 e. The van der Waals surface area contributed by atoms with Crippen LogP contribution < -0.4 is 10.2 Å². The summed E-state index contributed by atoms with van der Waals surface area (Å²) in [5.74, 6) is -0.137. The standard InChI is InChI=1S/C16H24N2O2/c1-20-16(19)5-4-10-17-13-14-6-8-15(9-7-14)18-11-2-3-12-18/h6-9,17H,2-5,10-13H2,1H3. The molecule has 1 N–H and O–H groups in total. The van der Waals surface area contributed by atoms with Crippen molar-refractivity contribution in [3.05, 3.63) is 29.8 Å². The first-order valence-corrected chi connectivity index (χ1v) is 7.41. The number of nitrogens with zero attached hydrogens (tertiary/aromatic N) is 1. The molecule has 0 unspecified atom stereocenters. The summed E-state index contributed by atoms with van der Waals surface area (Å²) in [5, 5.41) is 3.35. The Hall–Kier alpha value is -1.55. The largest absolute Gasteiger partial charge is 0.469 e. The number of esters is 1. The maximum absolute atomic E-state index is 11.0. The van der Waals surface area contributed by atoms with Gasteiger partial charge >= 0.3 is 5.97 Å². The molecule has 1 saturated heterocycles. The Balaban J connectivity index is 1.67. The average Bonchev–Trinajstić information content (AvgIpc) is 3.01. The van der Waals surface area contributed by atoms with Gasteiger partial charge < -0.3 is 15.0 Å². The van der Waals surface area contributed by atoms with E-state index in [2.05, 4.69) is 39.2 Å². The number of benzene rings is 1. The lowest BCUT2D eigenvalue weighted by Crippen LogP contribution is -2.18. The van der Waals surface area contributed by atoms with Crippen LogP contribution in [0.3, 0.4) is 0 Å². The van der Waals surface area contributed by atoms with Crippen LogP contribution in [0, 0.1) is 0 Å². The molecule has 0 atom stereocenters. The first kappa shape index (κ1) is 14.9. The Labute approximate surface area is 121 Å². The first-order chi connectivity index (χ1) is 9.79. The molecule has 1 heterocycles. The molecule has 1 aliphatic heterocycles. The number of anilines is 1. The van der Waals surface area contributed by atoms with Gasteiger partial charge in [-0.3, -0.25) is 4.79 Å². The van der Waals surface area contributed by atoms with Gasteiger partial charge in [0.25, 0.3) is 0 Å². The number of carbonyl (C=O) groups is 1. The van der Waals surface area contributed by atoms with E-state index in [-0.39, 0.29) is 5.97 Å². The fourth-order valence-electron chi connectivity index (χ4n) is 2.49. The van der Waals surface area contributed by atoms with E-state index in [4.69, 9.17) is 0 Å². The molecule has 0 aromatic heterocycles. The summed E-state index contributed by atoms with van der Waals surface area (Å²) in [5.41, 5.74) is 2.61. The molecular formula is C16H24N2O2. The van der Waals surface area contributed by atoms with Crippen LogP contribution in [0.15, 0.2) is 24.3 Å². The van der Waals surface area contributed by atoms with Gasteiger partial charge in [0.2, 0.25) is 0 Å². The van der Waals surface area contributed by atoms with Gasteiger partial charge in [0.05, 0.1) is 7.11 Å². The highest BCUT2D eigenvalue weighted by molar-refractivity contribution is 5.69. The van der Waals surface area contributed by atoms with Crippen molar-refractivity contribution in [3.63, 3.8) is 0 Å². The van der Waals surface area contributed by atoms with Crippen molar-refractivity contribution in [2.45, 2.75) is 32.2 Å². The second-order valence-corrected chi connectivity index (χ2v) is 5.22. The van der Waals surface area contributed by atoms with Gasteiger partial charge in [-0.05, 0) is 43.5 Å². The number of methoxy groups -OCH3 is 1. The van der Waals surface area contributed by atoms with Crippen molar-refractivity contribution in [2.75, 3.05) is 31.6 Å². The summed E-state index contributed by atoms with van der Waals surface area (Å²) in [6.07, 6.45) is 3.92. The molecule has 1 aliphatic rings. The summed E-state index contributed by atoms with van der Waals surface area (Å²) in [6.45, 7) is 4.06. The highest BCUT2D eigenvalue weighted by Gasteiger charge is 2.11. The van der Waals surface area contributed by atoms with Crippen LogP contribution in [0.25, 0.3) is 0 Å². The second kappa shape index (κ2) is 7.90. The van der Waals surface area contributed by atoms with Crippen molar-refractivity contribution >= 4 is 11.7 Å². The van der Waals surface area contributed by atoms with Crippen LogP contribution in [0.2, 0.25) is 0 Å². The summed E-state index contributed by atoms with van der Waals surface area (Å²) in [4.78, 5) is 13.4. The number of carbonyl (C=O) groups excluding carboxylic acids is 1. The number of nitrogens with one attached hydrogen (secondary N) is 1. The van der Waals surface area contributed by atoms with Crippen molar-refractivity contribution < 1.29 is 9.53 Å². The molecule has 0 spiro atoms. The lowest BCUT2D eigenvalue weighted by Gasteiger charge is -2.17. The first-order valence-electron chi connectivity index (χ1n) is 7.41. The Morgan fingerprint density at radius 1 is 1.25 bits per heavy atom. The average molecular weight is 276 g/mol. The number of hydrogen-bond donors (Lipinski definition) is 1. The summed E-state index contributed by atoms with van der Waals surface area (Å²) in [6, 6.07) is 8.77. The molecule has 2 rings (SSSR count). The zero-order valence-corrected chi connectivity index (χ0v) is 12.2. The Bertz CT molecular complexity index is 411. The minimum atomic E-state index is -0.137. The predicted octanol–water partition coefficient (Wildman–Crippen LogP) is 2.33. The molecule has 0 bridgehead atoms. The quantitative estimate of drug-likeness (QED) is 0.613. The van der Waals surface area contributed by atoms with Crippen LogP contribution in [-0.4, -0.2) is 32.7 Å². The van der Waals surface area contributed by atoms with Crippen LogP contribution in [-0.2, 0) is 16.1 Å². The van der Waals surface area contributed by atoms with Crippen LogP contribution in [0.5, 0.6) is 0 Å². The molecule has 110 valence electrons. The second-order valence-electron chi connectivity index (χ2n) is 5.22. The fourth-order valence-corrected chi connectivity index (χ4v) is 2.49. The normalized spacial score (nSPS) is 14.6. The molecule has 0 amide bonds. The van der Waals surface area contributed by atoms with E-state index in [0.29, 0.717) is 6.42 Å². The molecule has 1 aromatic rings. The molecule has 1 fully saturated rings. The minimum Gasteiger partial charge on any atom is -0.469 e. The molecule has 1 aromatic carbocycles. The third kappa shape index (κ3) is 4.53. The van der Waals surface area contributed by atoms with Crippen LogP contribution in [0.1, 0.15) is 31.2 Å². The van der Waals surface area contributed by atoms with E-state index in [1.165, 1.54) is 44.3 Å². The Morgan fingerprint density at radius 3 is 2.60 bits per heavy atom. The molecule has 0 radical (unpaired) electrons. The number of hydrogen-bond acceptors (Lipinski definition) is 4. The van der Waals surface area contributed by atoms with Crippen LogP contribution >= 0.6 is 0 Å². The van der Waals surface area contributed by atoms with E-state index in [0.717, 1.165) is 19.5 Å². The van der Waals surface area contributed by atoms with Crippen molar-refractivity contribution in [1.29, 1.82) is 0 Å². The molecule has 20 heavy (non-hydrogen) atoms. The predicted molar refractivity (Wildman–Crippen MR) is 80.8 cm³/mol. The Morgan fingerprint density at radius 2 is 1.95 bits per heavy atom. The number of rotatable bonds is 7. The zero-order valence-electron chi connectivity index (χ0n) is 12.2. The summed E-state index contributed by atoms with van der Waals surface area (Å²) < 4.78 is 4.61. The summed E-state index contributed by atoms with van der Waals surface area (Å²) in [7, 11) is 1.43. The van der Waals surface area contributed by atoms with Gasteiger partial charge in [0, 0.05) is 31.7 Å². The van der Waals surface area contributed by atoms with Gasteiger partial charge in [-0.1, -0.05) is 12.1 Å². The van der Waals surface area contributed by atoms with E-state index in [9.17, 15) is 4.79 Å². The van der Waals surface area contributed by atoms with Gasteiger partial charge in [-0.15, -0.1) is 0 Å². The van der Waals surface area contributed by atoms with E-state index in [1.54, 1.807) is 0 Å². The molecule has 0 saturated carbocycles. The van der Waals surface area contributed by atoms with Gasteiger partial charge in [-0.25, -0.2) is 0 Å². The zero-order chi connectivity index (χ0) is 14.2. The van der Waals surface area contributed by atoms with Gasteiger partial charge in [-0.2, -0.15) is 0 Å². The van der Waals surface area contributed by atoms with Crippen molar-refractivity contribution in [3.8, 4) is 0 Å². The highest BCUT2D eigenvalue weighted by atomic mass is 16.5. The van der Waals surface area contributed by atoms with Crippen molar-refractivity contribution in [2.24, 2.45) is 0 Å². The molecule has 4 heteroatoms. The molecule has 0 aliphatic carbocycles. The fraction of sp³-hybridized carbons (Fsp3) is 0.562. The SMILES string of the molecule is COC(=O)CCCNCc1ccc(N2CCCC2)cc1. The van der Waals surface area contributed by atoms with E-state index < -0.39 is 0 Å². The maximum atomic E-state index is 11.0. The number of ether oxygens (including phenoxy) is 1. The lowest BCUT2D eigenvalue weighted by atomic mass is 10.2. The van der Waals surface area contributed by atoms with Crippen LogP contribution in [0.4, 0.5) is 5.69 Å². The van der Waals surface area contributed by atoms with E-state index >= 15 is 0 Å². The molecule has 4 nitrogen and oxygen atoms in total. The highest BCUT2D eigenvalue weighted by Crippen LogP contribution is 2.20. The van der Waals surface area contributed by atoms with E-state index in [1.807, 2.05) is 0 Å². The van der Waals surface area contributed by atoms with Gasteiger partial charge in [0.1, 0.15) is 0 Å². The topological polar surface area (TPSA) is 41.6 Å². The summed E-state index contributed by atoms with van der Waals surface area (Å²) >= 11 is 0. The molecular weight excluding hydrogens is 252 g/mol. The third-order valence-corrected chi connectivity index (χ3v) is 3.70. The minimum absolute atomic E-state index is 0.137. The van der Waals surface area contributed by atoms with Crippen molar-refractivity contribution in [1.82, 2.24) is 5.32 Å². The lowest BCUT2D eigenvalue weighted by molar-refractivity contribution is -0.140.